The molecule has 5 aliphatic carbocycles. The minimum Gasteiger partial charge on any atom is -0.481 e. The lowest BCUT2D eigenvalue weighted by Gasteiger charge is -2.69. The van der Waals surface area contributed by atoms with Gasteiger partial charge in [0.15, 0.2) is 5.78 Å². The molecule has 8 atom stereocenters. The summed E-state index contributed by atoms with van der Waals surface area (Å²) in [7, 11) is 4.24. The predicted molar refractivity (Wildman–Crippen MR) is 206 cm³/mol. The molecule has 0 spiro atoms. The van der Waals surface area contributed by atoms with Crippen molar-refractivity contribution < 1.29 is 28.6 Å². The van der Waals surface area contributed by atoms with Crippen LogP contribution in [0.4, 0.5) is 0 Å². The van der Waals surface area contributed by atoms with Gasteiger partial charge in [-0.15, -0.1) is 0 Å². The lowest BCUT2D eigenvalue weighted by molar-refractivity contribution is -0.214. The highest BCUT2D eigenvalue weighted by atomic mass is 16.5. The van der Waals surface area contributed by atoms with Crippen molar-refractivity contribution in [3.63, 3.8) is 0 Å². The van der Waals surface area contributed by atoms with Crippen molar-refractivity contribution in [1.82, 2.24) is 14.8 Å². The quantitative estimate of drug-likeness (QED) is 0.200. The molecule has 1 N–H and O–H groups in total. The monoisotopic (exact) mass is 736 g/mol. The number of aliphatic carboxylic acids is 1. The predicted octanol–water partition coefficient (Wildman–Crippen LogP) is 8.43. The van der Waals surface area contributed by atoms with Crippen molar-refractivity contribution in [2.75, 3.05) is 33.7 Å². The van der Waals surface area contributed by atoms with Crippen LogP contribution in [0.5, 0.6) is 0 Å². The Labute approximate surface area is 319 Å². The molecule has 1 heterocycles. The van der Waals surface area contributed by atoms with E-state index in [1.807, 2.05) is 0 Å². The number of hydrogen-bond donors (Lipinski definition) is 1. The maximum atomic E-state index is 14.1. The first-order valence-corrected chi connectivity index (χ1v) is 20.7. The Morgan fingerprint density at radius 1 is 0.981 bits per heavy atom. The van der Waals surface area contributed by atoms with E-state index in [4.69, 9.17) is 9.15 Å². The molecule has 4 fully saturated rings. The summed E-state index contributed by atoms with van der Waals surface area (Å²) in [4.78, 5) is 48.1. The third-order valence-electron chi connectivity index (χ3n) is 15.7. The van der Waals surface area contributed by atoms with E-state index in [9.17, 15) is 19.5 Å². The fraction of sp³-hybridized carbons (Fsp3) is 0.818. The van der Waals surface area contributed by atoms with Gasteiger partial charge >= 0.3 is 11.9 Å². The van der Waals surface area contributed by atoms with E-state index < -0.39 is 17.4 Å². The number of Topliss-reactive ketones (excluding diaryl/α,β-unsaturated/α-hetero) is 1. The second-order valence-corrected chi connectivity index (χ2v) is 20.3. The third-order valence-corrected chi connectivity index (χ3v) is 15.7. The molecule has 9 heteroatoms. The average Bonchev–Trinajstić information content (AvgIpc) is 3.68. The SMILES string of the molecule is CC(C)C1=C2C3CCC4C(C)(CCC5C(C)(C)C(OC(=O)CC(C)(C)C(=O)O)CCC54C)C3CCC2(CCN(CCN(C)C)Cc2ncco2)CC1=O. The highest BCUT2D eigenvalue weighted by molar-refractivity contribution is 6.00. The summed E-state index contributed by atoms with van der Waals surface area (Å²) in [5, 5.41) is 9.61. The van der Waals surface area contributed by atoms with Crippen molar-refractivity contribution >= 4 is 17.7 Å². The first-order chi connectivity index (χ1) is 24.7. The number of carbonyl (C=O) groups excluding carboxylic acids is 2. The van der Waals surface area contributed by atoms with Gasteiger partial charge in [0, 0.05) is 30.3 Å². The van der Waals surface area contributed by atoms with Crippen LogP contribution < -0.4 is 0 Å². The highest BCUT2D eigenvalue weighted by Crippen LogP contribution is 2.73. The molecule has 4 saturated carbocycles. The number of nitrogens with zero attached hydrogens (tertiary/aromatic N) is 3. The number of rotatable bonds is 13. The van der Waals surface area contributed by atoms with E-state index in [0.717, 1.165) is 76.0 Å². The van der Waals surface area contributed by atoms with Crippen LogP contribution in [0.3, 0.4) is 0 Å². The molecule has 0 bridgehead atoms. The van der Waals surface area contributed by atoms with E-state index in [1.54, 1.807) is 31.9 Å². The second-order valence-electron chi connectivity index (χ2n) is 20.3. The molecule has 0 radical (unpaired) electrons. The number of hydrogen-bond acceptors (Lipinski definition) is 8. The van der Waals surface area contributed by atoms with Gasteiger partial charge in [0.25, 0.3) is 0 Å². The smallest absolute Gasteiger partial charge is 0.309 e. The van der Waals surface area contributed by atoms with E-state index in [2.05, 4.69) is 70.4 Å². The first kappa shape index (κ1) is 40.2. The number of allylic oxidation sites excluding steroid dienone is 2. The maximum Gasteiger partial charge on any atom is 0.309 e. The van der Waals surface area contributed by atoms with Crippen LogP contribution in [0.15, 0.2) is 28.0 Å². The molecule has 296 valence electrons. The zero-order valence-corrected chi connectivity index (χ0v) is 34.6. The number of carboxylic acid groups (broad SMARTS) is 1. The Bertz CT molecular complexity index is 1560. The molecule has 8 unspecified atom stereocenters. The molecule has 0 amide bonds. The van der Waals surface area contributed by atoms with Gasteiger partial charge in [0.05, 0.1) is 24.6 Å². The molecule has 9 nitrogen and oxygen atoms in total. The van der Waals surface area contributed by atoms with Crippen LogP contribution >= 0.6 is 0 Å². The Balaban J connectivity index is 1.23. The first-order valence-electron chi connectivity index (χ1n) is 20.7. The van der Waals surface area contributed by atoms with Crippen molar-refractivity contribution in [2.45, 2.75) is 139 Å². The Morgan fingerprint density at radius 2 is 1.70 bits per heavy atom. The van der Waals surface area contributed by atoms with Gasteiger partial charge in [-0.2, -0.15) is 0 Å². The number of esters is 1. The van der Waals surface area contributed by atoms with Crippen LogP contribution in [-0.2, 0) is 25.7 Å². The summed E-state index contributed by atoms with van der Waals surface area (Å²) in [6.07, 6.45) is 13.4. The fourth-order valence-corrected chi connectivity index (χ4v) is 13.1. The Morgan fingerprint density at radius 3 is 2.34 bits per heavy atom. The number of carbonyl (C=O) groups is 3. The minimum atomic E-state index is -1.15. The van der Waals surface area contributed by atoms with Crippen molar-refractivity contribution in [3.05, 3.63) is 29.5 Å². The van der Waals surface area contributed by atoms with Crippen LogP contribution in [-0.4, -0.2) is 77.4 Å². The number of likely N-dealkylation sites (N-methyl/N-ethyl adjacent to an activating group) is 1. The molecule has 0 aromatic carbocycles. The second kappa shape index (κ2) is 14.5. The number of ether oxygens (including phenoxy) is 1. The van der Waals surface area contributed by atoms with Gasteiger partial charge in [-0.25, -0.2) is 4.98 Å². The lowest BCUT2D eigenvalue weighted by Crippen LogP contribution is -2.63. The van der Waals surface area contributed by atoms with Crippen molar-refractivity contribution in [3.8, 4) is 0 Å². The van der Waals surface area contributed by atoms with Crippen LogP contribution in [0.25, 0.3) is 0 Å². The summed E-state index contributed by atoms with van der Waals surface area (Å²) in [6.45, 7) is 20.9. The van der Waals surface area contributed by atoms with Crippen molar-refractivity contribution in [2.24, 2.45) is 56.7 Å². The van der Waals surface area contributed by atoms with Gasteiger partial charge in [-0.05, 0) is 138 Å². The van der Waals surface area contributed by atoms with Crippen LogP contribution in [0.1, 0.15) is 132 Å². The molecule has 6 rings (SSSR count). The van der Waals surface area contributed by atoms with E-state index >= 15 is 0 Å². The Hall–Kier alpha value is -2.52. The maximum absolute atomic E-state index is 14.1. The summed E-state index contributed by atoms with van der Waals surface area (Å²) < 4.78 is 11.9. The summed E-state index contributed by atoms with van der Waals surface area (Å²) in [6, 6.07) is 0. The standard InChI is InChI=1S/C44H69N3O6/c1-28(2)37-31(48)25-44(19-21-47(23-22-46(9)10)27-35-45-20-24-52-35)18-13-30-29(38(37)44)11-12-33-42(30,7)16-14-32-41(5,6)34(15-17-43(32,33)8)53-36(49)26-40(3,4)39(50)51/h20,24,28-30,32-34H,11-19,21-23,25-27H2,1-10H3,(H,50,51). The topological polar surface area (TPSA) is 113 Å². The van der Waals surface area contributed by atoms with Crippen LogP contribution in [0, 0.1) is 56.7 Å². The molecule has 53 heavy (non-hydrogen) atoms. The van der Waals surface area contributed by atoms with Gasteiger partial charge in [-0.3, -0.25) is 19.3 Å². The van der Waals surface area contributed by atoms with Crippen LogP contribution in [0.2, 0.25) is 0 Å². The minimum absolute atomic E-state index is 0.0613. The van der Waals surface area contributed by atoms with E-state index in [-0.39, 0.29) is 40.1 Å². The Kier molecular flexibility index (Phi) is 11.0. The van der Waals surface area contributed by atoms with Gasteiger partial charge in [0.1, 0.15) is 12.4 Å². The van der Waals surface area contributed by atoms with Gasteiger partial charge in [-0.1, -0.05) is 47.1 Å². The number of ketones is 1. The molecule has 1 aromatic rings. The summed E-state index contributed by atoms with van der Waals surface area (Å²) in [5.41, 5.74) is 1.61. The number of aromatic nitrogens is 1. The normalized spacial score (nSPS) is 35.3. The lowest BCUT2D eigenvalue weighted by atomic mass is 9.36. The van der Waals surface area contributed by atoms with E-state index in [1.165, 1.54) is 12.8 Å². The molecule has 0 aliphatic heterocycles. The zero-order chi connectivity index (χ0) is 38.7. The third kappa shape index (κ3) is 7.20. The zero-order valence-electron chi connectivity index (χ0n) is 34.6. The number of fused-ring (bicyclic) bond motifs is 7. The highest BCUT2D eigenvalue weighted by Gasteiger charge is 2.66. The molecular weight excluding hydrogens is 666 g/mol. The number of carboxylic acids is 1. The largest absolute Gasteiger partial charge is 0.481 e. The molecule has 5 aliphatic rings. The fourth-order valence-electron chi connectivity index (χ4n) is 13.1. The summed E-state index contributed by atoms with van der Waals surface area (Å²) >= 11 is 0. The molecular formula is C44H69N3O6. The number of oxazole rings is 1. The van der Waals surface area contributed by atoms with Gasteiger partial charge < -0.3 is 19.2 Å². The van der Waals surface area contributed by atoms with Gasteiger partial charge in [0.2, 0.25) is 5.89 Å². The summed E-state index contributed by atoms with van der Waals surface area (Å²) in [5.74, 6) is 2.02. The van der Waals surface area contributed by atoms with E-state index in [0.29, 0.717) is 42.4 Å². The molecule has 1 aromatic heterocycles. The average molecular weight is 736 g/mol. The molecule has 0 saturated heterocycles. The van der Waals surface area contributed by atoms with Crippen molar-refractivity contribution in [1.29, 1.82) is 0 Å².